The van der Waals surface area contributed by atoms with Gasteiger partial charge in [0.05, 0.1) is 17.3 Å². The number of benzene rings is 1. The van der Waals surface area contributed by atoms with Gasteiger partial charge >= 0.3 is 0 Å². The smallest absolute Gasteiger partial charge is 0.0642 e. The summed E-state index contributed by atoms with van der Waals surface area (Å²) in [5.74, 6) is 0. The molecule has 0 saturated heterocycles. The van der Waals surface area contributed by atoms with Crippen LogP contribution in [0.5, 0.6) is 0 Å². The first-order chi connectivity index (χ1) is 7.47. The maximum absolute atomic E-state index is 9.10. The molecule has 0 amide bonds. The predicted octanol–water partition coefficient (Wildman–Crippen LogP) is 2.18. The van der Waals surface area contributed by atoms with Crippen LogP contribution in [0.4, 0.5) is 5.69 Å². The van der Waals surface area contributed by atoms with Crippen LogP contribution in [0.3, 0.4) is 0 Å². The maximum Gasteiger partial charge on any atom is 0.0642 e. The number of likely N-dealkylation sites (N-methyl/N-ethyl adjacent to an activating group) is 1. The van der Waals surface area contributed by atoms with E-state index in [1.54, 1.807) is 0 Å². The van der Waals surface area contributed by atoms with Crippen LogP contribution in [0.2, 0.25) is 5.02 Å². The van der Waals surface area contributed by atoms with Gasteiger partial charge in [-0.15, -0.1) is 0 Å². The van der Waals surface area contributed by atoms with Crippen LogP contribution in [0.1, 0.15) is 25.5 Å². The van der Waals surface area contributed by atoms with Crippen LogP contribution < -0.4 is 10.6 Å². The summed E-state index contributed by atoms with van der Waals surface area (Å²) in [5, 5.41) is 9.76. The van der Waals surface area contributed by atoms with Crippen molar-refractivity contribution < 1.29 is 5.11 Å². The molecule has 0 fully saturated rings. The van der Waals surface area contributed by atoms with Crippen molar-refractivity contribution in [3.05, 3.63) is 28.8 Å². The highest BCUT2D eigenvalue weighted by atomic mass is 35.5. The van der Waals surface area contributed by atoms with E-state index in [1.165, 1.54) is 0 Å². The van der Waals surface area contributed by atoms with Crippen LogP contribution in [-0.2, 0) is 0 Å². The van der Waals surface area contributed by atoms with Gasteiger partial charge in [0.1, 0.15) is 0 Å². The molecule has 0 heterocycles. The van der Waals surface area contributed by atoms with Crippen molar-refractivity contribution in [1.82, 2.24) is 0 Å². The van der Waals surface area contributed by atoms with Gasteiger partial charge in [-0.3, -0.25) is 0 Å². The molecule has 0 aliphatic rings. The second-order valence-electron chi connectivity index (χ2n) is 4.14. The average molecular weight is 243 g/mol. The van der Waals surface area contributed by atoms with Gasteiger partial charge in [0.2, 0.25) is 0 Å². The molecule has 0 aromatic heterocycles. The predicted molar refractivity (Wildman–Crippen MR) is 69.0 cm³/mol. The first-order valence-electron chi connectivity index (χ1n) is 5.36. The molecule has 0 radical (unpaired) electrons. The number of aliphatic hydroxyl groups excluding tert-OH is 1. The second kappa shape index (κ2) is 5.53. The number of nitrogens with zero attached hydrogens (tertiary/aromatic N) is 1. The number of anilines is 1. The van der Waals surface area contributed by atoms with Gasteiger partial charge in [0.25, 0.3) is 0 Å². The van der Waals surface area contributed by atoms with Gasteiger partial charge in [-0.2, -0.15) is 0 Å². The van der Waals surface area contributed by atoms with E-state index in [1.807, 2.05) is 44.0 Å². The lowest BCUT2D eigenvalue weighted by molar-refractivity contribution is 0.270. The van der Waals surface area contributed by atoms with Crippen LogP contribution >= 0.6 is 11.6 Å². The van der Waals surface area contributed by atoms with Gasteiger partial charge in [-0.1, -0.05) is 17.7 Å². The molecule has 0 saturated carbocycles. The fourth-order valence-electron chi connectivity index (χ4n) is 1.45. The third-order valence-electron chi connectivity index (χ3n) is 2.80. The van der Waals surface area contributed by atoms with Gasteiger partial charge in [0, 0.05) is 19.1 Å². The minimum absolute atomic E-state index is 0.0212. The number of rotatable bonds is 4. The Morgan fingerprint density at radius 1 is 1.44 bits per heavy atom. The molecule has 0 spiro atoms. The maximum atomic E-state index is 9.10. The summed E-state index contributed by atoms with van der Waals surface area (Å²) in [6, 6.07) is 5.80. The van der Waals surface area contributed by atoms with E-state index in [4.69, 9.17) is 22.4 Å². The number of nitrogens with two attached hydrogens (primary N) is 1. The normalized spacial score (nSPS) is 14.6. The second-order valence-corrected chi connectivity index (χ2v) is 4.55. The third kappa shape index (κ3) is 2.88. The first-order valence-corrected chi connectivity index (χ1v) is 5.74. The van der Waals surface area contributed by atoms with Crippen molar-refractivity contribution in [2.75, 3.05) is 18.6 Å². The van der Waals surface area contributed by atoms with Crippen LogP contribution in [0, 0.1) is 0 Å². The molecule has 0 aliphatic carbocycles. The van der Waals surface area contributed by atoms with E-state index in [9.17, 15) is 0 Å². The van der Waals surface area contributed by atoms with Crippen molar-refractivity contribution in [3.63, 3.8) is 0 Å². The standard InChI is InChI=1S/C12H19ClN2O/c1-8(7-16)15(3)12-5-4-10(9(2)14)6-11(12)13/h4-6,8-9,16H,7,14H2,1-3H3. The summed E-state index contributed by atoms with van der Waals surface area (Å²) in [7, 11) is 1.91. The Bertz CT molecular complexity index is 355. The summed E-state index contributed by atoms with van der Waals surface area (Å²) >= 11 is 6.19. The van der Waals surface area contributed by atoms with Crippen molar-refractivity contribution >= 4 is 17.3 Å². The Morgan fingerprint density at radius 3 is 2.50 bits per heavy atom. The summed E-state index contributed by atoms with van der Waals surface area (Å²) < 4.78 is 0. The van der Waals surface area contributed by atoms with Crippen LogP contribution in [0.15, 0.2) is 18.2 Å². The Hall–Kier alpha value is -0.770. The van der Waals surface area contributed by atoms with Gasteiger partial charge < -0.3 is 15.7 Å². The SMILES string of the molecule is CC(N)c1ccc(N(C)C(C)CO)c(Cl)c1. The fraction of sp³-hybridized carbons (Fsp3) is 0.500. The topological polar surface area (TPSA) is 49.5 Å². The minimum atomic E-state index is -0.0212. The Kier molecular flexibility index (Phi) is 4.59. The Morgan fingerprint density at radius 2 is 2.06 bits per heavy atom. The average Bonchev–Trinajstić information content (AvgIpc) is 2.26. The summed E-state index contributed by atoms with van der Waals surface area (Å²) in [6.45, 7) is 3.96. The molecular formula is C12H19ClN2O. The minimum Gasteiger partial charge on any atom is -0.394 e. The van der Waals surface area contributed by atoms with Crippen molar-refractivity contribution in [1.29, 1.82) is 0 Å². The first kappa shape index (κ1) is 13.3. The van der Waals surface area contributed by atoms with Gasteiger partial charge in [0.15, 0.2) is 0 Å². The molecule has 2 atom stereocenters. The van der Waals surface area contributed by atoms with E-state index in [0.717, 1.165) is 11.3 Å². The van der Waals surface area contributed by atoms with Crippen LogP contribution in [0.25, 0.3) is 0 Å². The molecular weight excluding hydrogens is 224 g/mol. The number of aliphatic hydroxyl groups is 1. The van der Waals surface area contributed by atoms with Gasteiger partial charge in [-0.05, 0) is 31.5 Å². The highest BCUT2D eigenvalue weighted by molar-refractivity contribution is 6.33. The molecule has 16 heavy (non-hydrogen) atoms. The molecule has 1 aromatic rings. The van der Waals surface area contributed by atoms with Crippen molar-refractivity contribution in [3.8, 4) is 0 Å². The van der Waals surface area contributed by atoms with E-state index in [-0.39, 0.29) is 18.7 Å². The fourth-order valence-corrected chi connectivity index (χ4v) is 1.77. The summed E-state index contributed by atoms with van der Waals surface area (Å²) in [4.78, 5) is 1.95. The molecule has 4 heteroatoms. The zero-order valence-electron chi connectivity index (χ0n) is 9.94. The monoisotopic (exact) mass is 242 g/mol. The Labute approximate surface area is 102 Å². The zero-order valence-corrected chi connectivity index (χ0v) is 10.7. The van der Waals surface area contributed by atoms with Gasteiger partial charge in [-0.25, -0.2) is 0 Å². The zero-order chi connectivity index (χ0) is 12.3. The molecule has 3 nitrogen and oxygen atoms in total. The molecule has 3 N–H and O–H groups in total. The third-order valence-corrected chi connectivity index (χ3v) is 3.11. The number of hydrogen-bond acceptors (Lipinski definition) is 3. The quantitative estimate of drug-likeness (QED) is 0.851. The molecule has 0 aliphatic heterocycles. The Balaban J connectivity index is 2.99. The summed E-state index contributed by atoms with van der Waals surface area (Å²) in [6.07, 6.45) is 0. The molecule has 1 rings (SSSR count). The lowest BCUT2D eigenvalue weighted by Gasteiger charge is -2.26. The number of halogens is 1. The summed E-state index contributed by atoms with van der Waals surface area (Å²) in [5.41, 5.74) is 7.71. The number of hydrogen-bond donors (Lipinski definition) is 2. The van der Waals surface area contributed by atoms with E-state index in [2.05, 4.69) is 0 Å². The molecule has 1 aromatic carbocycles. The highest BCUT2D eigenvalue weighted by Crippen LogP contribution is 2.28. The molecule has 2 unspecified atom stereocenters. The van der Waals surface area contributed by atoms with Crippen LogP contribution in [-0.4, -0.2) is 24.8 Å². The largest absolute Gasteiger partial charge is 0.394 e. The molecule has 0 bridgehead atoms. The van der Waals surface area contributed by atoms with E-state index < -0.39 is 0 Å². The highest BCUT2D eigenvalue weighted by Gasteiger charge is 2.13. The lowest BCUT2D eigenvalue weighted by atomic mass is 10.1. The van der Waals surface area contributed by atoms with E-state index in [0.29, 0.717) is 5.02 Å². The molecule has 90 valence electrons. The lowest BCUT2D eigenvalue weighted by Crippen LogP contribution is -2.32. The van der Waals surface area contributed by atoms with Crippen molar-refractivity contribution in [2.45, 2.75) is 25.9 Å². The van der Waals surface area contributed by atoms with Crippen molar-refractivity contribution in [2.24, 2.45) is 5.73 Å². The van der Waals surface area contributed by atoms with E-state index >= 15 is 0 Å².